The van der Waals surface area contributed by atoms with Crippen LogP contribution in [0.3, 0.4) is 0 Å². The van der Waals surface area contributed by atoms with Crippen LogP contribution < -0.4 is 4.74 Å². The molecule has 0 saturated carbocycles. The van der Waals surface area contributed by atoms with Crippen molar-refractivity contribution in [2.75, 3.05) is 7.11 Å². The van der Waals surface area contributed by atoms with Crippen molar-refractivity contribution < 1.29 is 9.13 Å². The van der Waals surface area contributed by atoms with Crippen molar-refractivity contribution >= 4 is 17.3 Å². The highest BCUT2D eigenvalue weighted by Crippen LogP contribution is 2.31. The van der Waals surface area contributed by atoms with Crippen molar-refractivity contribution in [3.05, 3.63) is 33.4 Å². The molecule has 0 N–H and O–H groups in total. The Labute approximate surface area is 78.5 Å². The fourth-order valence-electron chi connectivity index (χ4n) is 0.851. The van der Waals surface area contributed by atoms with Gasteiger partial charge in [0.1, 0.15) is 0 Å². The molecule has 68 valence electrons. The van der Waals surface area contributed by atoms with E-state index in [9.17, 15) is 4.39 Å². The minimum Gasteiger partial charge on any atom is -0.492 e. The van der Waals surface area contributed by atoms with Gasteiger partial charge in [-0.2, -0.15) is 0 Å². The molecule has 0 spiro atoms. The van der Waals surface area contributed by atoms with Gasteiger partial charge in [-0.1, -0.05) is 16.7 Å². The van der Waals surface area contributed by atoms with E-state index in [1.165, 1.54) is 13.2 Å². The SMILES string of the molecule is COc1c(F)cc(N=[N+]=[N-])cc1Cl. The number of hydrogen-bond donors (Lipinski definition) is 0. The molecule has 13 heavy (non-hydrogen) atoms. The van der Waals surface area contributed by atoms with E-state index in [1.54, 1.807) is 0 Å². The summed E-state index contributed by atoms with van der Waals surface area (Å²) >= 11 is 5.62. The highest BCUT2D eigenvalue weighted by molar-refractivity contribution is 6.32. The van der Waals surface area contributed by atoms with Gasteiger partial charge in [-0.3, -0.25) is 0 Å². The average molecular weight is 202 g/mol. The topological polar surface area (TPSA) is 58.0 Å². The first-order valence-electron chi connectivity index (χ1n) is 3.27. The molecule has 0 heterocycles. The van der Waals surface area contributed by atoms with Crippen LogP contribution in [-0.4, -0.2) is 7.11 Å². The summed E-state index contributed by atoms with van der Waals surface area (Å²) in [4.78, 5) is 2.50. The van der Waals surface area contributed by atoms with Gasteiger partial charge in [0.2, 0.25) is 0 Å². The molecule has 0 amide bonds. The second-order valence-corrected chi connectivity index (χ2v) is 2.54. The van der Waals surface area contributed by atoms with Crippen LogP contribution in [0, 0.1) is 5.82 Å². The summed E-state index contributed by atoms with van der Waals surface area (Å²) in [5.74, 6) is -0.712. The summed E-state index contributed by atoms with van der Waals surface area (Å²) in [6.45, 7) is 0. The molecule has 0 bridgehead atoms. The van der Waals surface area contributed by atoms with Crippen molar-refractivity contribution in [1.29, 1.82) is 0 Å². The Hall–Kier alpha value is -1.45. The van der Waals surface area contributed by atoms with Crippen LogP contribution in [0.4, 0.5) is 10.1 Å². The van der Waals surface area contributed by atoms with E-state index in [1.807, 2.05) is 0 Å². The first-order valence-corrected chi connectivity index (χ1v) is 3.65. The van der Waals surface area contributed by atoms with E-state index in [2.05, 4.69) is 14.8 Å². The lowest BCUT2D eigenvalue weighted by Crippen LogP contribution is -1.88. The number of methoxy groups -OCH3 is 1. The maximum atomic E-state index is 13.0. The lowest BCUT2D eigenvalue weighted by atomic mass is 10.3. The Morgan fingerprint density at radius 3 is 2.77 bits per heavy atom. The van der Waals surface area contributed by atoms with Crippen molar-refractivity contribution in [3.63, 3.8) is 0 Å². The second-order valence-electron chi connectivity index (χ2n) is 2.13. The summed E-state index contributed by atoms with van der Waals surface area (Å²) in [6.07, 6.45) is 0. The van der Waals surface area contributed by atoms with Gasteiger partial charge in [-0.15, -0.1) is 0 Å². The monoisotopic (exact) mass is 201 g/mol. The van der Waals surface area contributed by atoms with E-state index in [0.29, 0.717) is 0 Å². The normalized spacial score (nSPS) is 9.15. The van der Waals surface area contributed by atoms with Crippen LogP contribution in [0.2, 0.25) is 5.02 Å². The summed E-state index contributed by atoms with van der Waals surface area (Å²) < 4.78 is 17.7. The molecule has 0 saturated heterocycles. The molecule has 0 aliphatic carbocycles. The highest BCUT2D eigenvalue weighted by Gasteiger charge is 2.08. The number of rotatable bonds is 2. The molecule has 0 atom stereocenters. The van der Waals surface area contributed by atoms with Crippen LogP contribution in [0.1, 0.15) is 0 Å². The highest BCUT2D eigenvalue weighted by atomic mass is 35.5. The zero-order valence-corrected chi connectivity index (χ0v) is 7.42. The summed E-state index contributed by atoms with van der Waals surface area (Å²) in [5.41, 5.74) is 8.21. The standard InChI is InChI=1S/C7H5ClFN3O/c1-13-7-5(8)2-4(11-12-10)3-6(7)9/h2-3H,1H3. The third-order valence-corrected chi connectivity index (χ3v) is 1.63. The van der Waals surface area contributed by atoms with Crippen LogP contribution in [-0.2, 0) is 0 Å². The van der Waals surface area contributed by atoms with Crippen LogP contribution in [0.5, 0.6) is 5.75 Å². The number of nitrogens with zero attached hydrogens (tertiary/aromatic N) is 3. The molecular weight excluding hydrogens is 197 g/mol. The second kappa shape index (κ2) is 3.98. The third kappa shape index (κ3) is 2.02. The third-order valence-electron chi connectivity index (χ3n) is 1.35. The minimum absolute atomic E-state index is 0.0569. The van der Waals surface area contributed by atoms with Crippen molar-refractivity contribution in [2.45, 2.75) is 0 Å². The molecule has 0 aromatic heterocycles. The molecule has 1 aromatic carbocycles. The van der Waals surface area contributed by atoms with E-state index < -0.39 is 5.82 Å². The van der Waals surface area contributed by atoms with Gasteiger partial charge in [0.05, 0.1) is 12.1 Å². The smallest absolute Gasteiger partial charge is 0.173 e. The largest absolute Gasteiger partial charge is 0.492 e. The molecular formula is C7H5ClFN3O. The van der Waals surface area contributed by atoms with Crippen molar-refractivity contribution in [1.82, 2.24) is 0 Å². The zero-order chi connectivity index (χ0) is 9.84. The summed E-state index contributed by atoms with van der Waals surface area (Å²) in [5, 5.41) is 3.28. The van der Waals surface area contributed by atoms with Gasteiger partial charge in [0.25, 0.3) is 0 Å². The quantitative estimate of drug-likeness (QED) is 0.411. The Bertz CT molecular complexity index is 353. The number of ether oxygens (including phenoxy) is 1. The number of azide groups is 1. The fourth-order valence-corrected chi connectivity index (χ4v) is 1.13. The van der Waals surface area contributed by atoms with Gasteiger partial charge >= 0.3 is 0 Å². The van der Waals surface area contributed by atoms with E-state index in [4.69, 9.17) is 17.1 Å². The van der Waals surface area contributed by atoms with E-state index >= 15 is 0 Å². The fraction of sp³-hybridized carbons (Fsp3) is 0.143. The first kappa shape index (κ1) is 9.64. The summed E-state index contributed by atoms with van der Waals surface area (Å²) in [7, 11) is 1.30. The lowest BCUT2D eigenvalue weighted by Gasteiger charge is -2.04. The number of hydrogen-bond acceptors (Lipinski definition) is 2. The molecule has 0 radical (unpaired) electrons. The van der Waals surface area contributed by atoms with E-state index in [-0.39, 0.29) is 16.5 Å². The van der Waals surface area contributed by atoms with Crippen LogP contribution >= 0.6 is 11.6 Å². The first-order chi connectivity index (χ1) is 6.19. The molecule has 4 nitrogen and oxygen atoms in total. The summed E-state index contributed by atoms with van der Waals surface area (Å²) in [6, 6.07) is 2.37. The van der Waals surface area contributed by atoms with Crippen molar-refractivity contribution in [3.8, 4) is 5.75 Å². The van der Waals surface area contributed by atoms with Gasteiger partial charge < -0.3 is 4.74 Å². The number of benzene rings is 1. The molecule has 6 heteroatoms. The Morgan fingerprint density at radius 1 is 1.62 bits per heavy atom. The van der Waals surface area contributed by atoms with Gasteiger partial charge in [-0.05, 0) is 17.7 Å². The lowest BCUT2D eigenvalue weighted by molar-refractivity contribution is 0.387. The predicted octanol–water partition coefficient (Wildman–Crippen LogP) is 3.43. The minimum atomic E-state index is -0.655. The molecule has 0 aliphatic heterocycles. The molecule has 0 fully saturated rings. The Morgan fingerprint density at radius 2 is 2.31 bits per heavy atom. The van der Waals surface area contributed by atoms with E-state index in [0.717, 1.165) is 6.07 Å². The van der Waals surface area contributed by atoms with Gasteiger partial charge in [0.15, 0.2) is 11.6 Å². The van der Waals surface area contributed by atoms with Crippen LogP contribution in [0.15, 0.2) is 17.2 Å². The van der Waals surface area contributed by atoms with Gasteiger partial charge in [0, 0.05) is 10.6 Å². The maximum absolute atomic E-state index is 13.0. The van der Waals surface area contributed by atoms with Crippen molar-refractivity contribution in [2.24, 2.45) is 5.11 Å². The van der Waals surface area contributed by atoms with Gasteiger partial charge in [-0.25, -0.2) is 4.39 Å². The maximum Gasteiger partial charge on any atom is 0.173 e. The average Bonchev–Trinajstić information content (AvgIpc) is 2.04. The zero-order valence-electron chi connectivity index (χ0n) is 6.66. The predicted molar refractivity (Wildman–Crippen MR) is 46.8 cm³/mol. The molecule has 0 aliphatic rings. The Balaban J connectivity index is 3.27. The number of halogens is 2. The molecule has 1 rings (SSSR count). The molecule has 0 unspecified atom stereocenters. The molecule has 1 aromatic rings. The van der Waals surface area contributed by atoms with Crippen LogP contribution in [0.25, 0.3) is 10.4 Å². The Kier molecular flexibility index (Phi) is 2.95.